The molecule has 60 valence electrons. The van der Waals surface area contributed by atoms with E-state index in [2.05, 4.69) is 5.10 Å². The highest BCUT2D eigenvalue weighted by Crippen LogP contribution is 2.01. The van der Waals surface area contributed by atoms with Gasteiger partial charge in [-0.1, -0.05) is 0 Å². The number of ketones is 1. The zero-order valence-electron chi connectivity index (χ0n) is 6.07. The van der Waals surface area contributed by atoms with E-state index in [1.807, 2.05) is 6.92 Å². The number of Topliss-reactive ketones (excluding diaryl/α,β-unsaturated/α-hetero) is 1. The fourth-order valence-corrected chi connectivity index (χ4v) is 0.818. The van der Waals surface area contributed by atoms with Crippen LogP contribution in [0.25, 0.3) is 0 Å². The highest BCUT2D eigenvalue weighted by molar-refractivity contribution is 6.65. The van der Waals surface area contributed by atoms with Gasteiger partial charge in [-0.25, -0.2) is 4.79 Å². The number of likely N-dealkylation sites (N-methyl/N-ethyl adjacent to an activating group) is 1. The number of carbonyl (C=O) groups excluding carboxylic acids is 1. The Balaban J connectivity index is 2.79. The molecule has 0 saturated carbocycles. The summed E-state index contributed by atoms with van der Waals surface area (Å²) in [6, 6.07) is 0. The topological polar surface area (TPSA) is 70.0 Å². The lowest BCUT2D eigenvalue weighted by molar-refractivity contribution is -0.130. The molecule has 11 heavy (non-hydrogen) atoms. The van der Waals surface area contributed by atoms with Crippen LogP contribution >= 0.6 is 0 Å². The molecule has 0 atom stereocenters. The van der Waals surface area contributed by atoms with Gasteiger partial charge in [0.2, 0.25) is 11.5 Å². The molecular weight excluding hydrogens is 148 g/mol. The first-order valence-corrected chi connectivity index (χ1v) is 3.25. The molecular formula is C6H8N2O3. The Morgan fingerprint density at radius 1 is 1.82 bits per heavy atom. The molecule has 5 nitrogen and oxygen atoms in total. The molecule has 1 rings (SSSR count). The van der Waals surface area contributed by atoms with Crippen LogP contribution in [-0.4, -0.2) is 40.7 Å². The lowest BCUT2D eigenvalue weighted by atomic mass is 10.3. The second-order valence-corrected chi connectivity index (χ2v) is 2.16. The number of nitrogens with zero attached hydrogens (tertiary/aromatic N) is 2. The van der Waals surface area contributed by atoms with Crippen molar-refractivity contribution in [1.82, 2.24) is 5.01 Å². The minimum atomic E-state index is -1.24. The highest BCUT2D eigenvalue weighted by Gasteiger charge is 2.27. The molecule has 0 radical (unpaired) electrons. The number of rotatable bonds is 2. The molecule has 0 bridgehead atoms. The van der Waals surface area contributed by atoms with Crippen molar-refractivity contribution in [2.75, 3.05) is 13.1 Å². The molecule has 1 N–H and O–H groups in total. The summed E-state index contributed by atoms with van der Waals surface area (Å²) in [6.07, 6.45) is 0. The number of aliphatic carboxylic acids is 1. The van der Waals surface area contributed by atoms with Gasteiger partial charge in [-0.15, -0.1) is 0 Å². The van der Waals surface area contributed by atoms with Crippen LogP contribution in [0.4, 0.5) is 0 Å². The summed E-state index contributed by atoms with van der Waals surface area (Å²) in [7, 11) is 0. The van der Waals surface area contributed by atoms with Crippen molar-refractivity contribution in [3.8, 4) is 0 Å². The molecule has 0 spiro atoms. The van der Waals surface area contributed by atoms with Gasteiger partial charge in [-0.05, 0) is 6.92 Å². The first-order chi connectivity index (χ1) is 5.15. The Labute approximate surface area is 63.3 Å². The van der Waals surface area contributed by atoms with E-state index in [0.717, 1.165) is 0 Å². The van der Waals surface area contributed by atoms with E-state index in [9.17, 15) is 9.59 Å². The van der Waals surface area contributed by atoms with E-state index in [1.54, 1.807) is 0 Å². The van der Waals surface area contributed by atoms with Crippen LogP contribution in [0.5, 0.6) is 0 Å². The third kappa shape index (κ3) is 1.36. The van der Waals surface area contributed by atoms with Crippen LogP contribution in [0.1, 0.15) is 6.92 Å². The van der Waals surface area contributed by atoms with E-state index >= 15 is 0 Å². The first kappa shape index (κ1) is 7.71. The summed E-state index contributed by atoms with van der Waals surface area (Å²) < 4.78 is 0. The number of carboxylic acids is 1. The van der Waals surface area contributed by atoms with Gasteiger partial charge in [0.15, 0.2) is 0 Å². The Kier molecular flexibility index (Phi) is 1.89. The van der Waals surface area contributed by atoms with Crippen molar-refractivity contribution in [2.24, 2.45) is 5.10 Å². The van der Waals surface area contributed by atoms with Gasteiger partial charge in [-0.2, -0.15) is 5.10 Å². The predicted molar refractivity (Wildman–Crippen MR) is 37.3 cm³/mol. The summed E-state index contributed by atoms with van der Waals surface area (Å²) in [5.74, 6) is -1.66. The van der Waals surface area contributed by atoms with Crippen molar-refractivity contribution in [2.45, 2.75) is 6.92 Å². The number of carboxylic acid groups (broad SMARTS) is 1. The fourth-order valence-electron chi connectivity index (χ4n) is 0.818. The molecule has 0 amide bonds. The van der Waals surface area contributed by atoms with E-state index in [0.29, 0.717) is 6.54 Å². The van der Waals surface area contributed by atoms with Gasteiger partial charge in [-0.3, -0.25) is 9.80 Å². The highest BCUT2D eigenvalue weighted by atomic mass is 16.4. The smallest absolute Gasteiger partial charge is 0.360 e. The van der Waals surface area contributed by atoms with Gasteiger partial charge in [0.05, 0.1) is 0 Å². The molecule has 1 aliphatic rings. The van der Waals surface area contributed by atoms with Crippen molar-refractivity contribution < 1.29 is 14.7 Å². The Morgan fingerprint density at radius 3 is 2.73 bits per heavy atom. The molecule has 1 heterocycles. The van der Waals surface area contributed by atoms with Crippen LogP contribution in [0.3, 0.4) is 0 Å². The van der Waals surface area contributed by atoms with Gasteiger partial charge < -0.3 is 5.11 Å². The molecule has 0 aliphatic carbocycles. The zero-order chi connectivity index (χ0) is 8.43. The average Bonchev–Trinajstić information content (AvgIpc) is 2.30. The number of hydrogen-bond donors (Lipinski definition) is 1. The lowest BCUT2D eigenvalue weighted by Gasteiger charge is -2.06. The zero-order valence-corrected chi connectivity index (χ0v) is 6.07. The second kappa shape index (κ2) is 2.69. The van der Waals surface area contributed by atoms with Crippen LogP contribution in [0, 0.1) is 0 Å². The maximum atomic E-state index is 10.8. The fraction of sp³-hybridized carbons (Fsp3) is 0.500. The van der Waals surface area contributed by atoms with Gasteiger partial charge in [0.25, 0.3) is 0 Å². The molecule has 0 aromatic carbocycles. The first-order valence-electron chi connectivity index (χ1n) is 3.25. The summed E-state index contributed by atoms with van der Waals surface area (Å²) in [5.41, 5.74) is -0.355. The molecule has 0 unspecified atom stereocenters. The predicted octanol–water partition coefficient (Wildman–Crippen LogP) is -0.668. The number of carbonyl (C=O) groups is 2. The van der Waals surface area contributed by atoms with Crippen molar-refractivity contribution in [1.29, 1.82) is 0 Å². The molecule has 1 aliphatic heterocycles. The second-order valence-electron chi connectivity index (χ2n) is 2.16. The molecule has 0 aromatic rings. The summed E-state index contributed by atoms with van der Waals surface area (Å²) in [5, 5.41) is 13.4. The standard InChI is InChI=1S/C6H8N2O3/c1-2-8-3-4(9)5(7-8)6(10)11/h2-3H2,1H3,(H,10,11). The van der Waals surface area contributed by atoms with E-state index in [4.69, 9.17) is 5.11 Å². The van der Waals surface area contributed by atoms with Gasteiger partial charge >= 0.3 is 5.97 Å². The van der Waals surface area contributed by atoms with Crippen LogP contribution in [0.2, 0.25) is 0 Å². The summed E-state index contributed by atoms with van der Waals surface area (Å²) >= 11 is 0. The van der Waals surface area contributed by atoms with E-state index in [-0.39, 0.29) is 12.3 Å². The van der Waals surface area contributed by atoms with Crippen molar-refractivity contribution >= 4 is 17.5 Å². The maximum absolute atomic E-state index is 10.8. The van der Waals surface area contributed by atoms with Crippen LogP contribution in [-0.2, 0) is 9.59 Å². The maximum Gasteiger partial charge on any atom is 0.360 e. The largest absolute Gasteiger partial charge is 0.476 e. The normalized spacial score (nSPS) is 17.0. The Hall–Kier alpha value is -1.39. The van der Waals surface area contributed by atoms with E-state index < -0.39 is 11.8 Å². The minimum absolute atomic E-state index is 0.0954. The Bertz CT molecular complexity index is 234. The minimum Gasteiger partial charge on any atom is -0.476 e. The van der Waals surface area contributed by atoms with Crippen molar-refractivity contribution in [3.05, 3.63) is 0 Å². The average molecular weight is 156 g/mol. The van der Waals surface area contributed by atoms with Gasteiger partial charge in [0.1, 0.15) is 6.54 Å². The SMILES string of the molecule is CCN1CC(=O)C(C(=O)O)=N1. The summed E-state index contributed by atoms with van der Waals surface area (Å²) in [4.78, 5) is 21.1. The number of hydrogen-bond acceptors (Lipinski definition) is 4. The molecule has 0 aromatic heterocycles. The third-order valence-electron chi connectivity index (χ3n) is 1.40. The third-order valence-corrected chi connectivity index (χ3v) is 1.40. The quantitative estimate of drug-likeness (QED) is 0.575. The monoisotopic (exact) mass is 156 g/mol. The van der Waals surface area contributed by atoms with E-state index in [1.165, 1.54) is 5.01 Å². The van der Waals surface area contributed by atoms with Gasteiger partial charge in [0, 0.05) is 6.54 Å². The molecule has 0 saturated heterocycles. The Morgan fingerprint density at radius 2 is 2.45 bits per heavy atom. The number of hydrazone groups is 1. The molecule has 0 fully saturated rings. The molecule has 5 heteroatoms. The summed E-state index contributed by atoms with van der Waals surface area (Å²) in [6.45, 7) is 2.46. The van der Waals surface area contributed by atoms with Crippen molar-refractivity contribution in [3.63, 3.8) is 0 Å². The lowest BCUT2D eigenvalue weighted by Crippen LogP contribution is -2.23. The van der Waals surface area contributed by atoms with Crippen LogP contribution < -0.4 is 0 Å². The van der Waals surface area contributed by atoms with Crippen LogP contribution in [0.15, 0.2) is 5.10 Å².